The summed E-state index contributed by atoms with van der Waals surface area (Å²) in [6.45, 7) is 3.79. The quantitative estimate of drug-likeness (QED) is 0.472. The van der Waals surface area contributed by atoms with E-state index in [1.54, 1.807) is 6.07 Å². The van der Waals surface area contributed by atoms with Gasteiger partial charge in [-0.15, -0.1) is 0 Å². The van der Waals surface area contributed by atoms with Gasteiger partial charge in [-0.1, -0.05) is 39.7 Å². The third-order valence-electron chi connectivity index (χ3n) is 2.00. The number of alkyl halides is 1. The highest BCUT2D eigenvalue weighted by molar-refractivity contribution is 9.09. The van der Waals surface area contributed by atoms with E-state index in [1.165, 1.54) is 0 Å². The summed E-state index contributed by atoms with van der Waals surface area (Å²) in [6, 6.07) is 5.43. The van der Waals surface area contributed by atoms with Crippen LogP contribution in [0.5, 0.6) is 0 Å². The second-order valence-corrected chi connectivity index (χ2v) is 3.77. The van der Waals surface area contributed by atoms with Crippen molar-refractivity contribution in [3.05, 3.63) is 34.9 Å². The van der Waals surface area contributed by atoms with Crippen molar-refractivity contribution in [3.8, 4) is 0 Å². The summed E-state index contributed by atoms with van der Waals surface area (Å²) >= 11 is 2.98. The Balaban J connectivity index is 3.08. The smallest absolute Gasteiger partial charge is 0.229 e. The summed E-state index contributed by atoms with van der Waals surface area (Å²) in [7, 11) is 0. The maximum absolute atomic E-state index is 11.5. The molecule has 2 nitrogen and oxygen atoms in total. The van der Waals surface area contributed by atoms with Crippen molar-refractivity contribution in [2.24, 2.45) is 0 Å². The van der Waals surface area contributed by atoms with Gasteiger partial charge in [-0.3, -0.25) is 9.59 Å². The van der Waals surface area contributed by atoms with Gasteiger partial charge >= 0.3 is 0 Å². The Hall–Kier alpha value is -0.960. The van der Waals surface area contributed by atoms with Gasteiger partial charge in [-0.2, -0.15) is 0 Å². The number of aryl methyl sites for hydroxylation is 2. The molecule has 0 N–H and O–H groups in total. The fourth-order valence-electron chi connectivity index (χ4n) is 1.28. The molecule has 0 heterocycles. The first-order valence-electron chi connectivity index (χ1n) is 4.27. The topological polar surface area (TPSA) is 34.1 Å². The van der Waals surface area contributed by atoms with Crippen molar-refractivity contribution in [2.75, 3.05) is 5.33 Å². The maximum atomic E-state index is 11.5. The summed E-state index contributed by atoms with van der Waals surface area (Å²) in [5, 5.41) is 0.0825. The SMILES string of the molecule is Cc1ccc(C(=O)C(=O)CBr)c(C)c1. The fourth-order valence-corrected chi connectivity index (χ4v) is 1.53. The molecule has 0 saturated heterocycles. The van der Waals surface area contributed by atoms with E-state index in [0.29, 0.717) is 5.56 Å². The van der Waals surface area contributed by atoms with Crippen molar-refractivity contribution >= 4 is 27.5 Å². The van der Waals surface area contributed by atoms with Gasteiger partial charge in [-0.05, 0) is 19.4 Å². The minimum absolute atomic E-state index is 0.0825. The zero-order valence-corrected chi connectivity index (χ0v) is 9.72. The van der Waals surface area contributed by atoms with Crippen LogP contribution in [-0.4, -0.2) is 16.9 Å². The van der Waals surface area contributed by atoms with E-state index in [1.807, 2.05) is 26.0 Å². The number of benzene rings is 1. The summed E-state index contributed by atoms with van der Waals surface area (Å²) in [5.41, 5.74) is 2.44. The lowest BCUT2D eigenvalue weighted by Crippen LogP contribution is -2.16. The van der Waals surface area contributed by atoms with Crippen LogP contribution < -0.4 is 0 Å². The molecule has 0 amide bonds. The number of carbonyl (C=O) groups excluding carboxylic acids is 2. The predicted octanol–water partition coefficient (Wildman–Crippen LogP) is 2.45. The average Bonchev–Trinajstić information content (AvgIpc) is 2.15. The molecule has 1 rings (SSSR count). The Kier molecular flexibility index (Phi) is 3.58. The van der Waals surface area contributed by atoms with Crippen molar-refractivity contribution in [1.82, 2.24) is 0 Å². The van der Waals surface area contributed by atoms with Crippen LogP contribution in [0.25, 0.3) is 0 Å². The van der Waals surface area contributed by atoms with Crippen LogP contribution >= 0.6 is 15.9 Å². The summed E-state index contributed by atoms with van der Waals surface area (Å²) in [4.78, 5) is 22.7. The van der Waals surface area contributed by atoms with Crippen molar-refractivity contribution < 1.29 is 9.59 Å². The van der Waals surface area contributed by atoms with Crippen LogP contribution in [0.3, 0.4) is 0 Å². The minimum Gasteiger partial charge on any atom is -0.290 e. The molecule has 1 aromatic carbocycles. The number of Topliss-reactive ketones (excluding diaryl/α,β-unsaturated/α-hetero) is 2. The number of ketones is 2. The average molecular weight is 255 g/mol. The fraction of sp³-hybridized carbons (Fsp3) is 0.273. The molecule has 0 unspecified atom stereocenters. The van der Waals surface area contributed by atoms with Crippen molar-refractivity contribution in [3.63, 3.8) is 0 Å². The molecule has 0 aliphatic carbocycles. The molecular weight excluding hydrogens is 244 g/mol. The van der Waals surface area contributed by atoms with Gasteiger partial charge in [0.2, 0.25) is 11.6 Å². The van der Waals surface area contributed by atoms with Crippen LogP contribution in [0, 0.1) is 13.8 Å². The lowest BCUT2D eigenvalue weighted by Gasteiger charge is -2.03. The van der Waals surface area contributed by atoms with Crippen LogP contribution in [0.1, 0.15) is 21.5 Å². The first kappa shape index (κ1) is 11.1. The van der Waals surface area contributed by atoms with Gasteiger partial charge in [-0.25, -0.2) is 0 Å². The highest BCUT2D eigenvalue weighted by Crippen LogP contribution is 2.11. The molecule has 0 saturated carbocycles. The number of halogens is 1. The predicted molar refractivity (Wildman–Crippen MR) is 59.0 cm³/mol. The molecule has 0 bridgehead atoms. The molecule has 14 heavy (non-hydrogen) atoms. The van der Waals surface area contributed by atoms with E-state index < -0.39 is 11.6 Å². The van der Waals surface area contributed by atoms with E-state index in [4.69, 9.17) is 0 Å². The van der Waals surface area contributed by atoms with Gasteiger partial charge in [0.25, 0.3) is 0 Å². The summed E-state index contributed by atoms with van der Waals surface area (Å²) in [5.74, 6) is -0.823. The lowest BCUT2D eigenvalue weighted by molar-refractivity contribution is -0.112. The van der Waals surface area contributed by atoms with Crippen molar-refractivity contribution in [1.29, 1.82) is 0 Å². The van der Waals surface area contributed by atoms with Crippen LogP contribution in [0.15, 0.2) is 18.2 Å². The largest absolute Gasteiger partial charge is 0.290 e. The number of rotatable bonds is 3. The summed E-state index contributed by atoms with van der Waals surface area (Å²) in [6.07, 6.45) is 0. The third kappa shape index (κ3) is 2.29. The first-order chi connectivity index (χ1) is 6.56. The molecule has 0 aliphatic rings. The van der Waals surface area contributed by atoms with Gasteiger partial charge in [0.1, 0.15) is 0 Å². The zero-order chi connectivity index (χ0) is 10.7. The van der Waals surface area contributed by atoms with E-state index >= 15 is 0 Å². The molecule has 0 radical (unpaired) electrons. The van der Waals surface area contributed by atoms with Crippen LogP contribution in [0.4, 0.5) is 0 Å². The monoisotopic (exact) mass is 254 g/mol. The van der Waals surface area contributed by atoms with Gasteiger partial charge < -0.3 is 0 Å². The number of hydrogen-bond acceptors (Lipinski definition) is 2. The Morgan fingerprint density at radius 1 is 1.29 bits per heavy atom. The highest BCUT2D eigenvalue weighted by atomic mass is 79.9. The summed E-state index contributed by atoms with van der Waals surface area (Å²) < 4.78 is 0. The molecular formula is C11H11BrO2. The standard InChI is InChI=1S/C11H11BrO2/c1-7-3-4-9(8(2)5-7)11(14)10(13)6-12/h3-5H,6H2,1-2H3. The highest BCUT2D eigenvalue weighted by Gasteiger charge is 2.16. The molecule has 0 fully saturated rings. The van der Waals surface area contributed by atoms with Crippen LogP contribution in [0.2, 0.25) is 0 Å². The van der Waals surface area contributed by atoms with E-state index in [2.05, 4.69) is 15.9 Å². The molecule has 0 spiro atoms. The van der Waals surface area contributed by atoms with Gasteiger partial charge in [0.15, 0.2) is 0 Å². The second kappa shape index (κ2) is 4.51. The zero-order valence-electron chi connectivity index (χ0n) is 8.13. The molecule has 3 heteroatoms. The first-order valence-corrected chi connectivity index (χ1v) is 5.39. The lowest BCUT2D eigenvalue weighted by atomic mass is 10.0. The molecule has 0 aromatic heterocycles. The van der Waals surface area contributed by atoms with Crippen LogP contribution in [-0.2, 0) is 4.79 Å². The van der Waals surface area contributed by atoms with E-state index in [-0.39, 0.29) is 5.33 Å². The van der Waals surface area contributed by atoms with E-state index in [0.717, 1.165) is 11.1 Å². The van der Waals surface area contributed by atoms with Gasteiger partial charge in [0.05, 0.1) is 5.33 Å². The maximum Gasteiger partial charge on any atom is 0.229 e. The Morgan fingerprint density at radius 2 is 1.93 bits per heavy atom. The van der Waals surface area contributed by atoms with Crippen molar-refractivity contribution in [2.45, 2.75) is 13.8 Å². The Labute approximate surface area is 91.4 Å². The number of hydrogen-bond donors (Lipinski definition) is 0. The third-order valence-corrected chi connectivity index (χ3v) is 2.51. The normalized spacial score (nSPS) is 9.93. The van der Waals surface area contributed by atoms with E-state index in [9.17, 15) is 9.59 Å². The molecule has 1 aromatic rings. The molecule has 74 valence electrons. The molecule has 0 atom stereocenters. The Morgan fingerprint density at radius 3 is 2.43 bits per heavy atom. The van der Waals surface area contributed by atoms with Gasteiger partial charge in [0, 0.05) is 5.56 Å². The minimum atomic E-state index is -0.417. The second-order valence-electron chi connectivity index (χ2n) is 3.20. The molecule has 0 aliphatic heterocycles. The number of carbonyl (C=O) groups is 2. The Bertz CT molecular complexity index is 383.